The second kappa shape index (κ2) is 8.61. The second-order valence-electron chi connectivity index (χ2n) is 5.82. The molecule has 1 aromatic heterocycles. The van der Waals surface area contributed by atoms with E-state index < -0.39 is 0 Å². The lowest BCUT2D eigenvalue weighted by atomic mass is 9.95. The fourth-order valence-electron chi connectivity index (χ4n) is 2.61. The molecular formula is C16H25N3O2S2. The van der Waals surface area contributed by atoms with Crippen molar-refractivity contribution in [2.45, 2.75) is 32.6 Å². The molecule has 1 aliphatic rings. The molecule has 0 amide bonds. The summed E-state index contributed by atoms with van der Waals surface area (Å²) in [5.74, 6) is -0.245. The van der Waals surface area contributed by atoms with Crippen LogP contribution >= 0.6 is 23.6 Å². The number of ether oxygens (including phenoxy) is 1. The monoisotopic (exact) mass is 355 g/mol. The minimum atomic E-state index is -0.245. The molecule has 0 aromatic carbocycles. The molecule has 1 aromatic rings. The van der Waals surface area contributed by atoms with E-state index in [1.807, 2.05) is 21.0 Å². The minimum absolute atomic E-state index is 0.245. The number of anilines is 1. The van der Waals surface area contributed by atoms with Crippen LogP contribution in [0.25, 0.3) is 0 Å². The van der Waals surface area contributed by atoms with E-state index in [1.54, 1.807) is 11.3 Å². The Morgan fingerprint density at radius 2 is 2.09 bits per heavy atom. The van der Waals surface area contributed by atoms with E-state index in [4.69, 9.17) is 17.0 Å². The third kappa shape index (κ3) is 4.89. The zero-order chi connectivity index (χ0) is 16.8. The first-order valence-electron chi connectivity index (χ1n) is 8.04. The number of hydrogen-bond donors (Lipinski definition) is 2. The molecule has 0 bridgehead atoms. The van der Waals surface area contributed by atoms with Crippen molar-refractivity contribution in [2.24, 2.45) is 0 Å². The van der Waals surface area contributed by atoms with Crippen molar-refractivity contribution in [1.82, 2.24) is 10.2 Å². The number of rotatable bonds is 6. The smallest absolute Gasteiger partial charge is 0.341 e. The Morgan fingerprint density at radius 3 is 2.78 bits per heavy atom. The Morgan fingerprint density at radius 1 is 1.35 bits per heavy atom. The first kappa shape index (κ1) is 18.2. The standard InChI is InChI=1S/C16H25N3O2S2/c1-4-21-15(20)13-11-7-5-6-8-12(11)23-14(13)18-16(22)17-9-10-19(2)3/h4-10H2,1-3H3,(H2,17,18,22). The largest absolute Gasteiger partial charge is 0.462 e. The van der Waals surface area contributed by atoms with Gasteiger partial charge in [-0.15, -0.1) is 11.3 Å². The first-order valence-corrected chi connectivity index (χ1v) is 9.26. The van der Waals surface area contributed by atoms with Crippen molar-refractivity contribution < 1.29 is 9.53 Å². The number of thiocarbonyl (C=S) groups is 1. The van der Waals surface area contributed by atoms with Gasteiger partial charge in [0.15, 0.2) is 5.11 Å². The van der Waals surface area contributed by atoms with E-state index >= 15 is 0 Å². The highest BCUT2D eigenvalue weighted by Gasteiger charge is 2.26. The molecular weight excluding hydrogens is 330 g/mol. The SMILES string of the molecule is CCOC(=O)c1c(NC(=S)NCCN(C)C)sc2c1CCCC2. The number of nitrogens with zero attached hydrogens (tertiary/aromatic N) is 1. The Balaban J connectivity index is 2.12. The lowest BCUT2D eigenvalue weighted by molar-refractivity contribution is 0.0526. The minimum Gasteiger partial charge on any atom is -0.462 e. The van der Waals surface area contributed by atoms with Gasteiger partial charge in [0.25, 0.3) is 0 Å². The number of hydrogen-bond acceptors (Lipinski definition) is 5. The highest BCUT2D eigenvalue weighted by molar-refractivity contribution is 7.80. The topological polar surface area (TPSA) is 53.6 Å². The molecule has 0 unspecified atom stereocenters. The number of thiophene rings is 1. The van der Waals surface area contributed by atoms with Crippen molar-refractivity contribution in [1.29, 1.82) is 0 Å². The molecule has 0 spiro atoms. The molecule has 1 aliphatic carbocycles. The highest BCUT2D eigenvalue weighted by atomic mass is 32.1. The predicted octanol–water partition coefficient (Wildman–Crippen LogP) is 2.65. The number of fused-ring (bicyclic) bond motifs is 1. The summed E-state index contributed by atoms with van der Waals surface area (Å²) in [4.78, 5) is 15.7. The number of aryl methyl sites for hydroxylation is 1. The van der Waals surface area contributed by atoms with Gasteiger partial charge in [0.2, 0.25) is 0 Å². The molecule has 0 radical (unpaired) electrons. The molecule has 5 nitrogen and oxygen atoms in total. The van der Waals surface area contributed by atoms with E-state index in [0.717, 1.165) is 42.9 Å². The molecule has 0 aliphatic heterocycles. The first-order chi connectivity index (χ1) is 11.0. The molecule has 23 heavy (non-hydrogen) atoms. The summed E-state index contributed by atoms with van der Waals surface area (Å²) in [5.41, 5.74) is 1.83. The van der Waals surface area contributed by atoms with Crippen LogP contribution in [-0.2, 0) is 17.6 Å². The van der Waals surface area contributed by atoms with Crippen LogP contribution in [0.1, 0.15) is 40.6 Å². The van der Waals surface area contributed by atoms with Crippen molar-refractivity contribution in [2.75, 3.05) is 39.1 Å². The van der Waals surface area contributed by atoms with Crippen molar-refractivity contribution in [3.05, 3.63) is 16.0 Å². The van der Waals surface area contributed by atoms with E-state index in [9.17, 15) is 4.79 Å². The van der Waals surface area contributed by atoms with E-state index in [-0.39, 0.29) is 5.97 Å². The maximum atomic E-state index is 12.4. The summed E-state index contributed by atoms with van der Waals surface area (Å²) in [6, 6.07) is 0. The van der Waals surface area contributed by atoms with Crippen LogP contribution in [0.5, 0.6) is 0 Å². The number of esters is 1. The van der Waals surface area contributed by atoms with Crippen molar-refractivity contribution >= 4 is 39.6 Å². The lowest BCUT2D eigenvalue weighted by Crippen LogP contribution is -2.34. The summed E-state index contributed by atoms with van der Waals surface area (Å²) < 4.78 is 5.24. The van der Waals surface area contributed by atoms with Gasteiger partial charge in [-0.2, -0.15) is 0 Å². The molecule has 1 heterocycles. The predicted molar refractivity (Wildman–Crippen MR) is 99.7 cm³/mol. The number of likely N-dealkylation sites (N-methyl/N-ethyl adjacent to an activating group) is 1. The van der Waals surface area contributed by atoms with Gasteiger partial charge in [0.05, 0.1) is 12.2 Å². The van der Waals surface area contributed by atoms with Gasteiger partial charge in [-0.3, -0.25) is 0 Å². The molecule has 7 heteroatoms. The molecule has 0 fully saturated rings. The van der Waals surface area contributed by atoms with Gasteiger partial charge in [0.1, 0.15) is 5.00 Å². The molecule has 0 atom stereocenters. The number of carbonyl (C=O) groups is 1. The van der Waals surface area contributed by atoms with E-state index in [0.29, 0.717) is 17.3 Å². The zero-order valence-corrected chi connectivity index (χ0v) is 15.7. The van der Waals surface area contributed by atoms with Gasteiger partial charge in [-0.05, 0) is 64.5 Å². The Kier molecular flexibility index (Phi) is 6.80. The molecule has 0 saturated heterocycles. The summed E-state index contributed by atoms with van der Waals surface area (Å²) in [6.07, 6.45) is 4.29. The molecule has 2 rings (SSSR count). The van der Waals surface area contributed by atoms with Crippen LogP contribution in [0.4, 0.5) is 5.00 Å². The van der Waals surface area contributed by atoms with Crippen LogP contribution in [0.15, 0.2) is 0 Å². The molecule has 2 N–H and O–H groups in total. The molecule has 0 saturated carbocycles. The Hall–Kier alpha value is -1.18. The van der Waals surface area contributed by atoms with Crippen LogP contribution in [0.3, 0.4) is 0 Å². The van der Waals surface area contributed by atoms with Crippen LogP contribution in [0, 0.1) is 0 Å². The van der Waals surface area contributed by atoms with Crippen LogP contribution in [0.2, 0.25) is 0 Å². The maximum absolute atomic E-state index is 12.4. The summed E-state index contributed by atoms with van der Waals surface area (Å²) in [7, 11) is 4.04. The van der Waals surface area contributed by atoms with Gasteiger partial charge >= 0.3 is 5.97 Å². The van der Waals surface area contributed by atoms with Crippen molar-refractivity contribution in [3.63, 3.8) is 0 Å². The average molecular weight is 356 g/mol. The quantitative estimate of drug-likeness (QED) is 0.604. The fraction of sp³-hybridized carbons (Fsp3) is 0.625. The Labute approximate surface area is 147 Å². The molecule has 128 valence electrons. The maximum Gasteiger partial charge on any atom is 0.341 e. The lowest BCUT2D eigenvalue weighted by Gasteiger charge is -2.14. The van der Waals surface area contributed by atoms with Gasteiger partial charge in [-0.25, -0.2) is 4.79 Å². The van der Waals surface area contributed by atoms with Gasteiger partial charge < -0.3 is 20.3 Å². The number of carbonyl (C=O) groups excluding carboxylic acids is 1. The summed E-state index contributed by atoms with van der Waals surface area (Å²) in [5, 5.41) is 7.74. The third-order valence-corrected chi connectivity index (χ3v) is 5.18. The third-order valence-electron chi connectivity index (χ3n) is 3.72. The normalized spacial score (nSPS) is 13.6. The summed E-state index contributed by atoms with van der Waals surface area (Å²) in [6.45, 7) is 3.87. The highest BCUT2D eigenvalue weighted by Crippen LogP contribution is 2.38. The Bertz CT molecular complexity index is 570. The van der Waals surface area contributed by atoms with Gasteiger partial charge in [-0.1, -0.05) is 0 Å². The fourth-order valence-corrected chi connectivity index (χ4v) is 4.16. The van der Waals surface area contributed by atoms with E-state index in [2.05, 4.69) is 15.5 Å². The van der Waals surface area contributed by atoms with Crippen LogP contribution in [-0.4, -0.2) is 49.8 Å². The summed E-state index contributed by atoms with van der Waals surface area (Å²) >= 11 is 6.99. The van der Waals surface area contributed by atoms with E-state index in [1.165, 1.54) is 11.3 Å². The van der Waals surface area contributed by atoms with Crippen LogP contribution < -0.4 is 10.6 Å². The average Bonchev–Trinajstić information content (AvgIpc) is 2.84. The van der Waals surface area contributed by atoms with Crippen molar-refractivity contribution in [3.8, 4) is 0 Å². The second-order valence-corrected chi connectivity index (χ2v) is 7.33. The zero-order valence-electron chi connectivity index (χ0n) is 14.0. The van der Waals surface area contributed by atoms with Gasteiger partial charge in [0, 0.05) is 18.0 Å². The number of nitrogens with one attached hydrogen (secondary N) is 2.